The number of nitrogens with one attached hydrogen (secondary N) is 1. The second-order valence-corrected chi connectivity index (χ2v) is 4.89. The number of aromatic nitrogens is 1. The molecule has 0 aliphatic heterocycles. The van der Waals surface area contributed by atoms with Crippen molar-refractivity contribution in [2.45, 2.75) is 33.6 Å². The highest BCUT2D eigenvalue weighted by Gasteiger charge is 2.08. The predicted octanol–water partition coefficient (Wildman–Crippen LogP) is 3.50. The van der Waals surface area contributed by atoms with Crippen LogP contribution in [-0.2, 0) is 6.42 Å². The lowest BCUT2D eigenvalue weighted by Crippen LogP contribution is -2.14. The van der Waals surface area contributed by atoms with E-state index in [9.17, 15) is 0 Å². The van der Waals surface area contributed by atoms with Gasteiger partial charge in [0.1, 0.15) is 0 Å². The van der Waals surface area contributed by atoms with Gasteiger partial charge >= 0.3 is 0 Å². The molecule has 1 heterocycles. The van der Waals surface area contributed by atoms with Crippen LogP contribution in [0.25, 0.3) is 11.3 Å². The molecule has 2 aromatic rings. The second kappa shape index (κ2) is 6.53. The van der Waals surface area contributed by atoms with Crippen LogP contribution in [-0.4, -0.2) is 18.1 Å². The zero-order chi connectivity index (χ0) is 13.7. The largest absolute Gasteiger partial charge is 0.441 e. The van der Waals surface area contributed by atoms with Crippen LogP contribution in [0, 0.1) is 13.8 Å². The molecule has 1 aromatic heterocycles. The molecular formula is C16H22N2O. The van der Waals surface area contributed by atoms with Crippen LogP contribution in [0.15, 0.2) is 28.8 Å². The summed E-state index contributed by atoms with van der Waals surface area (Å²) in [5.41, 5.74) is 3.64. The molecule has 0 bridgehead atoms. The Balaban J connectivity index is 2.04. The fourth-order valence-electron chi connectivity index (χ4n) is 2.18. The van der Waals surface area contributed by atoms with Gasteiger partial charge in [0.2, 0.25) is 0 Å². The first-order chi connectivity index (χ1) is 9.20. The molecule has 1 N–H and O–H groups in total. The molecule has 0 amide bonds. The van der Waals surface area contributed by atoms with E-state index >= 15 is 0 Å². The summed E-state index contributed by atoms with van der Waals surface area (Å²) in [6.45, 7) is 8.35. The number of nitrogens with zero attached hydrogens (tertiary/aromatic N) is 1. The summed E-state index contributed by atoms with van der Waals surface area (Å²) in [7, 11) is 0. The van der Waals surface area contributed by atoms with E-state index < -0.39 is 0 Å². The Morgan fingerprint density at radius 2 is 2.11 bits per heavy atom. The number of oxazole rings is 1. The van der Waals surface area contributed by atoms with Crippen LogP contribution in [0.3, 0.4) is 0 Å². The third kappa shape index (κ3) is 3.67. The number of aryl methyl sites for hydroxylation is 3. The van der Waals surface area contributed by atoms with E-state index in [0.29, 0.717) is 0 Å². The molecule has 3 heteroatoms. The van der Waals surface area contributed by atoms with Crippen molar-refractivity contribution in [1.29, 1.82) is 0 Å². The molecule has 0 spiro atoms. The number of hydrogen-bond acceptors (Lipinski definition) is 3. The maximum absolute atomic E-state index is 5.83. The molecule has 0 saturated heterocycles. The van der Waals surface area contributed by atoms with Crippen molar-refractivity contribution < 1.29 is 4.42 Å². The van der Waals surface area contributed by atoms with Crippen LogP contribution in [0.1, 0.15) is 30.4 Å². The van der Waals surface area contributed by atoms with Crippen LogP contribution in [0.5, 0.6) is 0 Å². The minimum atomic E-state index is 0.827. The quantitative estimate of drug-likeness (QED) is 0.806. The van der Waals surface area contributed by atoms with Gasteiger partial charge in [0.25, 0.3) is 0 Å². The minimum Gasteiger partial charge on any atom is -0.441 e. The van der Waals surface area contributed by atoms with Crippen LogP contribution in [0.4, 0.5) is 0 Å². The van der Waals surface area contributed by atoms with Crippen molar-refractivity contribution in [2.24, 2.45) is 0 Å². The lowest BCUT2D eigenvalue weighted by atomic mass is 10.0. The fourth-order valence-corrected chi connectivity index (χ4v) is 2.18. The van der Waals surface area contributed by atoms with E-state index in [1.807, 2.05) is 6.20 Å². The number of rotatable bonds is 6. The van der Waals surface area contributed by atoms with E-state index in [1.165, 1.54) is 11.1 Å². The monoisotopic (exact) mass is 258 g/mol. The molecule has 2 rings (SSSR count). The third-order valence-electron chi connectivity index (χ3n) is 3.20. The molecule has 3 nitrogen and oxygen atoms in total. The lowest BCUT2D eigenvalue weighted by molar-refractivity contribution is 0.493. The van der Waals surface area contributed by atoms with Gasteiger partial charge in [0.15, 0.2) is 11.7 Å². The molecule has 0 fully saturated rings. The molecular weight excluding hydrogens is 236 g/mol. The molecule has 0 saturated carbocycles. The van der Waals surface area contributed by atoms with E-state index in [0.717, 1.165) is 43.1 Å². The van der Waals surface area contributed by atoms with Crippen LogP contribution >= 0.6 is 0 Å². The van der Waals surface area contributed by atoms with Gasteiger partial charge in [0, 0.05) is 12.0 Å². The van der Waals surface area contributed by atoms with Gasteiger partial charge in [-0.3, -0.25) is 0 Å². The van der Waals surface area contributed by atoms with Gasteiger partial charge in [-0.25, -0.2) is 4.98 Å². The van der Waals surface area contributed by atoms with E-state index in [1.54, 1.807) is 0 Å². The van der Waals surface area contributed by atoms with Gasteiger partial charge in [0.05, 0.1) is 6.20 Å². The van der Waals surface area contributed by atoms with Crippen molar-refractivity contribution in [3.05, 3.63) is 41.4 Å². The average molecular weight is 258 g/mol. The van der Waals surface area contributed by atoms with Gasteiger partial charge in [-0.1, -0.05) is 30.7 Å². The van der Waals surface area contributed by atoms with Gasteiger partial charge in [-0.15, -0.1) is 0 Å². The van der Waals surface area contributed by atoms with Gasteiger partial charge in [-0.2, -0.15) is 0 Å². The molecule has 19 heavy (non-hydrogen) atoms. The topological polar surface area (TPSA) is 38.1 Å². The Labute approximate surface area is 115 Å². The van der Waals surface area contributed by atoms with Crippen LogP contribution in [0.2, 0.25) is 0 Å². The highest BCUT2D eigenvalue weighted by atomic mass is 16.4. The van der Waals surface area contributed by atoms with E-state index in [2.05, 4.69) is 49.3 Å². The highest BCUT2D eigenvalue weighted by Crippen LogP contribution is 2.25. The Bertz CT molecular complexity index is 531. The molecule has 0 atom stereocenters. The third-order valence-corrected chi connectivity index (χ3v) is 3.20. The normalized spacial score (nSPS) is 10.9. The zero-order valence-corrected chi connectivity index (χ0v) is 12.0. The first-order valence-electron chi connectivity index (χ1n) is 6.93. The first-order valence-corrected chi connectivity index (χ1v) is 6.93. The lowest BCUT2D eigenvalue weighted by Gasteiger charge is -2.03. The number of benzene rings is 1. The Morgan fingerprint density at radius 1 is 1.26 bits per heavy atom. The molecule has 0 unspecified atom stereocenters. The van der Waals surface area contributed by atoms with Crippen molar-refractivity contribution in [1.82, 2.24) is 10.3 Å². The van der Waals surface area contributed by atoms with Crippen molar-refractivity contribution in [2.75, 3.05) is 13.1 Å². The van der Waals surface area contributed by atoms with Crippen molar-refractivity contribution in [3.8, 4) is 11.3 Å². The first kappa shape index (κ1) is 13.8. The summed E-state index contributed by atoms with van der Waals surface area (Å²) < 4.78 is 5.83. The minimum absolute atomic E-state index is 0.827. The highest BCUT2D eigenvalue weighted by molar-refractivity contribution is 5.61. The Morgan fingerprint density at radius 3 is 2.84 bits per heavy atom. The summed E-state index contributed by atoms with van der Waals surface area (Å²) in [5.74, 6) is 1.70. The predicted molar refractivity (Wildman–Crippen MR) is 78.3 cm³/mol. The molecule has 1 aromatic carbocycles. The van der Waals surface area contributed by atoms with Gasteiger partial charge in [-0.05, 0) is 38.9 Å². The van der Waals surface area contributed by atoms with Crippen LogP contribution < -0.4 is 5.32 Å². The summed E-state index contributed by atoms with van der Waals surface area (Å²) in [6.07, 6.45) is 3.78. The second-order valence-electron chi connectivity index (χ2n) is 4.89. The smallest absolute Gasteiger partial charge is 0.194 e. The van der Waals surface area contributed by atoms with Gasteiger partial charge < -0.3 is 9.73 Å². The van der Waals surface area contributed by atoms with E-state index in [-0.39, 0.29) is 0 Å². The number of hydrogen-bond donors (Lipinski definition) is 1. The summed E-state index contributed by atoms with van der Waals surface area (Å²) >= 11 is 0. The molecule has 102 valence electrons. The maximum atomic E-state index is 5.83. The SMILES string of the molecule is CCNCCCc1ncc(-c2ccc(C)cc2C)o1. The van der Waals surface area contributed by atoms with Crippen molar-refractivity contribution >= 4 is 0 Å². The summed E-state index contributed by atoms with van der Waals surface area (Å²) in [6, 6.07) is 6.38. The molecule has 0 radical (unpaired) electrons. The maximum Gasteiger partial charge on any atom is 0.194 e. The average Bonchev–Trinajstić information content (AvgIpc) is 2.83. The summed E-state index contributed by atoms with van der Waals surface area (Å²) in [5, 5.41) is 3.30. The zero-order valence-electron chi connectivity index (χ0n) is 12.0. The Kier molecular flexibility index (Phi) is 4.74. The fraction of sp³-hybridized carbons (Fsp3) is 0.438. The standard InChI is InChI=1S/C16H22N2O/c1-4-17-9-5-6-16-18-11-15(19-16)14-8-7-12(2)10-13(14)3/h7-8,10-11,17H,4-6,9H2,1-3H3. The molecule has 0 aliphatic carbocycles. The van der Waals surface area contributed by atoms with Crippen molar-refractivity contribution in [3.63, 3.8) is 0 Å². The van der Waals surface area contributed by atoms with E-state index in [4.69, 9.17) is 4.42 Å². The Hall–Kier alpha value is -1.61. The summed E-state index contributed by atoms with van der Waals surface area (Å²) in [4.78, 5) is 4.36. The molecule has 0 aliphatic rings.